The van der Waals surface area contributed by atoms with E-state index in [4.69, 9.17) is 4.74 Å². The van der Waals surface area contributed by atoms with Crippen molar-refractivity contribution in [3.8, 4) is 0 Å². The summed E-state index contributed by atoms with van der Waals surface area (Å²) in [5.41, 5.74) is 0.0525. The van der Waals surface area contributed by atoms with Crippen molar-refractivity contribution in [1.29, 1.82) is 0 Å². The molecule has 26 heavy (non-hydrogen) atoms. The highest BCUT2D eigenvalue weighted by Crippen LogP contribution is 2.36. The molecule has 0 N–H and O–H groups in total. The van der Waals surface area contributed by atoms with E-state index in [1.54, 1.807) is 0 Å². The molecule has 1 amide bonds. The number of carbonyl (C=O) groups excluding carboxylic acids is 2. The predicted octanol–water partition coefficient (Wildman–Crippen LogP) is 3.33. The number of amides is 1. The van der Waals surface area contributed by atoms with Gasteiger partial charge >= 0.3 is 5.97 Å². The molecule has 2 atom stereocenters. The molecular weight excluding hydrogens is 356 g/mol. The van der Waals surface area contributed by atoms with Crippen LogP contribution in [0.3, 0.4) is 0 Å². The average Bonchev–Trinajstić information content (AvgIpc) is 3.04. The molecule has 1 heterocycles. The molecule has 8 heteroatoms. The van der Waals surface area contributed by atoms with Gasteiger partial charge in [-0.2, -0.15) is 0 Å². The van der Waals surface area contributed by atoms with E-state index < -0.39 is 16.9 Å². The van der Waals surface area contributed by atoms with E-state index in [1.165, 1.54) is 40.9 Å². The fourth-order valence-electron chi connectivity index (χ4n) is 2.73. The number of thioether (sulfide) groups is 1. The molecule has 1 saturated heterocycles. The van der Waals surface area contributed by atoms with Gasteiger partial charge in [0.05, 0.1) is 16.9 Å². The van der Waals surface area contributed by atoms with E-state index in [0.29, 0.717) is 12.4 Å². The largest absolute Gasteiger partial charge is 0.464 e. The average molecular weight is 380 g/mol. The number of carbonyl (C=O) groups is 2. The molecule has 0 aromatic heterocycles. The first-order valence-corrected chi connectivity index (χ1v) is 9.62. The predicted molar refractivity (Wildman–Crippen MR) is 99.9 cm³/mol. The van der Waals surface area contributed by atoms with Crippen molar-refractivity contribution in [2.24, 2.45) is 11.8 Å². The number of ether oxygens (including phenoxy) is 1. The molecule has 0 spiro atoms. The lowest BCUT2D eigenvalue weighted by atomic mass is 10.1. The van der Waals surface area contributed by atoms with E-state index in [1.807, 2.05) is 27.7 Å². The maximum absolute atomic E-state index is 13.1. The monoisotopic (exact) mass is 380 g/mol. The number of hydrogen-bond acceptors (Lipinski definition) is 6. The minimum atomic E-state index is -0.682. The van der Waals surface area contributed by atoms with Gasteiger partial charge < -0.3 is 9.64 Å². The molecule has 0 bridgehead atoms. The molecule has 1 aliphatic rings. The van der Waals surface area contributed by atoms with Gasteiger partial charge in [0.15, 0.2) is 0 Å². The van der Waals surface area contributed by atoms with Gasteiger partial charge in [-0.25, -0.2) is 4.79 Å². The van der Waals surface area contributed by atoms with Crippen LogP contribution in [0.4, 0.5) is 5.69 Å². The summed E-state index contributed by atoms with van der Waals surface area (Å²) in [5, 5.41) is 10.8. The summed E-state index contributed by atoms with van der Waals surface area (Å²) in [7, 11) is 0. The van der Waals surface area contributed by atoms with Crippen LogP contribution in [0.25, 0.3) is 0 Å². The summed E-state index contributed by atoms with van der Waals surface area (Å²) in [6.07, 6.45) is 0. The van der Waals surface area contributed by atoms with Crippen molar-refractivity contribution in [2.45, 2.75) is 39.1 Å². The molecule has 1 aromatic carbocycles. The standard InChI is InChI=1S/C18H24N2O5S/c1-11(2)9-25-18(22)15-10-26-17(12(3)4)19(15)16(21)13-6-5-7-14(8-13)20(23)24/h5-8,11-12,15,17H,9-10H2,1-4H3. The first-order valence-electron chi connectivity index (χ1n) is 8.57. The molecule has 1 aromatic rings. The van der Waals surface area contributed by atoms with Gasteiger partial charge in [0.25, 0.3) is 11.6 Å². The number of esters is 1. The minimum Gasteiger partial charge on any atom is -0.464 e. The van der Waals surface area contributed by atoms with Gasteiger partial charge in [0, 0.05) is 23.4 Å². The maximum atomic E-state index is 13.1. The Bertz CT molecular complexity index is 692. The van der Waals surface area contributed by atoms with Gasteiger partial charge in [0.1, 0.15) is 6.04 Å². The van der Waals surface area contributed by atoms with Crippen LogP contribution in [0, 0.1) is 22.0 Å². The van der Waals surface area contributed by atoms with Crippen LogP contribution in [0.5, 0.6) is 0 Å². The van der Waals surface area contributed by atoms with Crippen LogP contribution >= 0.6 is 11.8 Å². The van der Waals surface area contributed by atoms with Gasteiger partial charge in [-0.15, -0.1) is 11.8 Å². The molecule has 0 saturated carbocycles. The van der Waals surface area contributed by atoms with Gasteiger partial charge in [-0.05, 0) is 17.9 Å². The number of hydrogen-bond donors (Lipinski definition) is 0. The Hall–Kier alpha value is -2.09. The first-order chi connectivity index (χ1) is 12.2. The second-order valence-corrected chi connectivity index (χ2v) is 8.18. The zero-order valence-corrected chi connectivity index (χ0v) is 16.2. The van der Waals surface area contributed by atoms with Crippen molar-refractivity contribution < 1.29 is 19.2 Å². The lowest BCUT2D eigenvalue weighted by molar-refractivity contribution is -0.384. The Balaban J connectivity index is 2.29. The number of non-ortho nitro benzene ring substituents is 1. The Morgan fingerprint density at radius 1 is 1.35 bits per heavy atom. The molecule has 1 fully saturated rings. The number of nitro benzene ring substituents is 1. The van der Waals surface area contributed by atoms with Crippen molar-refractivity contribution in [3.05, 3.63) is 39.9 Å². The fourth-order valence-corrected chi connectivity index (χ4v) is 4.19. The second-order valence-electron chi connectivity index (χ2n) is 7.03. The molecule has 7 nitrogen and oxygen atoms in total. The summed E-state index contributed by atoms with van der Waals surface area (Å²) < 4.78 is 5.34. The first kappa shape index (κ1) is 20.2. The lowest BCUT2D eigenvalue weighted by Crippen LogP contribution is -2.48. The van der Waals surface area contributed by atoms with Gasteiger partial charge in [-0.1, -0.05) is 33.8 Å². The van der Waals surface area contributed by atoms with Crippen LogP contribution in [0.15, 0.2) is 24.3 Å². The number of rotatable bonds is 6. The van der Waals surface area contributed by atoms with Crippen molar-refractivity contribution >= 4 is 29.3 Å². The topological polar surface area (TPSA) is 89.8 Å². The highest BCUT2D eigenvalue weighted by molar-refractivity contribution is 8.00. The molecule has 1 aliphatic heterocycles. The SMILES string of the molecule is CC(C)COC(=O)C1CSC(C(C)C)N1C(=O)c1cccc([N+](=O)[O-])c1. The van der Waals surface area contributed by atoms with Gasteiger partial charge in [0.2, 0.25) is 0 Å². The van der Waals surface area contributed by atoms with Gasteiger partial charge in [-0.3, -0.25) is 14.9 Å². The van der Waals surface area contributed by atoms with Crippen LogP contribution < -0.4 is 0 Å². The van der Waals surface area contributed by atoms with Crippen LogP contribution in [-0.4, -0.2) is 45.5 Å². The van der Waals surface area contributed by atoms with Crippen molar-refractivity contribution in [2.75, 3.05) is 12.4 Å². The van der Waals surface area contributed by atoms with E-state index in [0.717, 1.165) is 0 Å². The third-order valence-electron chi connectivity index (χ3n) is 3.97. The zero-order valence-electron chi connectivity index (χ0n) is 15.4. The van der Waals surface area contributed by atoms with Crippen molar-refractivity contribution in [3.63, 3.8) is 0 Å². The minimum absolute atomic E-state index is 0.130. The Morgan fingerprint density at radius 3 is 2.62 bits per heavy atom. The zero-order chi connectivity index (χ0) is 19.4. The summed E-state index contributed by atoms with van der Waals surface area (Å²) in [5.74, 6) is -0.0159. The number of nitrogens with zero attached hydrogens (tertiary/aromatic N) is 2. The highest BCUT2D eigenvalue weighted by Gasteiger charge is 2.44. The highest BCUT2D eigenvalue weighted by atomic mass is 32.2. The normalized spacial score (nSPS) is 19.8. The molecule has 0 radical (unpaired) electrons. The van der Waals surface area contributed by atoms with E-state index in [2.05, 4.69) is 0 Å². The summed E-state index contributed by atoms with van der Waals surface area (Å²) in [6, 6.07) is 4.92. The van der Waals surface area contributed by atoms with Crippen LogP contribution in [0.2, 0.25) is 0 Å². The maximum Gasteiger partial charge on any atom is 0.329 e. The Kier molecular flexibility index (Phi) is 6.63. The van der Waals surface area contributed by atoms with Crippen LogP contribution in [0.1, 0.15) is 38.1 Å². The summed E-state index contributed by atoms with van der Waals surface area (Å²) in [6.45, 7) is 8.14. The third kappa shape index (κ3) is 4.55. The summed E-state index contributed by atoms with van der Waals surface area (Å²) in [4.78, 5) is 37.6. The molecule has 0 aliphatic carbocycles. The Labute approximate surface area is 157 Å². The Morgan fingerprint density at radius 2 is 2.04 bits per heavy atom. The van der Waals surface area contributed by atoms with Crippen molar-refractivity contribution in [1.82, 2.24) is 4.90 Å². The van der Waals surface area contributed by atoms with E-state index >= 15 is 0 Å². The quantitative estimate of drug-likeness (QED) is 0.427. The summed E-state index contributed by atoms with van der Waals surface area (Å²) >= 11 is 1.53. The molecule has 2 unspecified atom stereocenters. The van der Waals surface area contributed by atoms with Crippen LogP contribution in [-0.2, 0) is 9.53 Å². The fraction of sp³-hybridized carbons (Fsp3) is 0.556. The molecule has 142 valence electrons. The number of benzene rings is 1. The lowest BCUT2D eigenvalue weighted by Gasteiger charge is -2.30. The second kappa shape index (κ2) is 8.53. The van der Waals surface area contributed by atoms with E-state index in [9.17, 15) is 19.7 Å². The van der Waals surface area contributed by atoms with E-state index in [-0.39, 0.29) is 34.4 Å². The molecular formula is C18H24N2O5S. The number of nitro groups is 1. The third-order valence-corrected chi connectivity index (χ3v) is 5.60. The smallest absolute Gasteiger partial charge is 0.329 e. The molecule has 2 rings (SSSR count).